The third-order valence-corrected chi connectivity index (χ3v) is 3.23. The van der Waals surface area contributed by atoms with Crippen molar-refractivity contribution >= 4 is 27.4 Å². The highest BCUT2D eigenvalue weighted by Crippen LogP contribution is 2.21. The van der Waals surface area contributed by atoms with Crippen LogP contribution in [-0.2, 0) is 6.54 Å². The first-order valence-electron chi connectivity index (χ1n) is 5.67. The van der Waals surface area contributed by atoms with E-state index in [0.717, 1.165) is 16.0 Å². The number of aromatic nitrogens is 1. The van der Waals surface area contributed by atoms with Crippen molar-refractivity contribution in [1.29, 1.82) is 0 Å². The quantitative estimate of drug-likeness (QED) is 0.530. The minimum absolute atomic E-state index is 0.140. The van der Waals surface area contributed by atoms with Crippen molar-refractivity contribution in [3.8, 4) is 0 Å². The van der Waals surface area contributed by atoms with Gasteiger partial charge in [-0.25, -0.2) is 4.98 Å². The van der Waals surface area contributed by atoms with E-state index in [-0.39, 0.29) is 10.6 Å². The number of nitro groups is 1. The minimum atomic E-state index is -0.365. The summed E-state index contributed by atoms with van der Waals surface area (Å²) in [6, 6.07) is 10.6. The summed E-state index contributed by atoms with van der Waals surface area (Å²) in [5, 5.41) is 14.0. The van der Waals surface area contributed by atoms with Gasteiger partial charge in [-0.2, -0.15) is 0 Å². The van der Waals surface area contributed by atoms with Crippen LogP contribution in [0.3, 0.4) is 0 Å². The van der Waals surface area contributed by atoms with Gasteiger partial charge in [-0.15, -0.1) is 0 Å². The maximum atomic E-state index is 10.9. The Kier molecular flexibility index (Phi) is 4.11. The topological polar surface area (TPSA) is 68.1 Å². The van der Waals surface area contributed by atoms with Gasteiger partial charge in [0.25, 0.3) is 5.69 Å². The van der Waals surface area contributed by atoms with Crippen molar-refractivity contribution in [2.75, 3.05) is 5.32 Å². The lowest BCUT2D eigenvalue weighted by Gasteiger charge is -2.08. The first-order chi connectivity index (χ1) is 9.08. The molecule has 1 aromatic heterocycles. The summed E-state index contributed by atoms with van der Waals surface area (Å²) in [4.78, 5) is 14.7. The molecule has 2 rings (SSSR count). The first-order valence-corrected chi connectivity index (χ1v) is 6.46. The molecule has 0 unspecified atom stereocenters. The fourth-order valence-electron chi connectivity index (χ4n) is 1.75. The number of benzene rings is 1. The molecule has 0 radical (unpaired) electrons. The molecule has 1 heterocycles. The van der Waals surface area contributed by atoms with Gasteiger partial charge in [0.05, 0.1) is 4.92 Å². The van der Waals surface area contributed by atoms with E-state index < -0.39 is 0 Å². The molecular weight excluding hydrogens is 310 g/mol. The highest BCUT2D eigenvalue weighted by Gasteiger charge is 2.12. The largest absolute Gasteiger partial charge is 0.366 e. The smallest absolute Gasteiger partial charge is 0.272 e. The zero-order valence-electron chi connectivity index (χ0n) is 10.3. The number of hydrogen-bond donors (Lipinski definition) is 1. The molecule has 0 aliphatic rings. The van der Waals surface area contributed by atoms with Gasteiger partial charge in [-0.05, 0) is 40.5 Å². The summed E-state index contributed by atoms with van der Waals surface area (Å²) in [6.45, 7) is 2.25. The van der Waals surface area contributed by atoms with Crippen LogP contribution >= 0.6 is 15.9 Å². The maximum absolute atomic E-state index is 10.9. The third kappa shape index (κ3) is 3.29. The molecule has 1 aromatic carbocycles. The lowest BCUT2D eigenvalue weighted by molar-refractivity contribution is -0.385. The monoisotopic (exact) mass is 321 g/mol. The van der Waals surface area contributed by atoms with Crippen LogP contribution in [0.1, 0.15) is 11.1 Å². The Hall–Kier alpha value is -1.95. The molecule has 5 nitrogen and oxygen atoms in total. The van der Waals surface area contributed by atoms with Gasteiger partial charge < -0.3 is 5.32 Å². The van der Waals surface area contributed by atoms with Crippen molar-refractivity contribution in [2.24, 2.45) is 0 Å². The van der Waals surface area contributed by atoms with Crippen LogP contribution in [0.5, 0.6) is 0 Å². The van der Waals surface area contributed by atoms with E-state index >= 15 is 0 Å². The minimum Gasteiger partial charge on any atom is -0.366 e. The Bertz CT molecular complexity index is 617. The van der Waals surface area contributed by atoms with E-state index in [0.29, 0.717) is 12.1 Å². The van der Waals surface area contributed by atoms with Crippen molar-refractivity contribution < 1.29 is 4.92 Å². The van der Waals surface area contributed by atoms with E-state index in [1.807, 2.05) is 24.3 Å². The number of hydrogen-bond acceptors (Lipinski definition) is 4. The average molecular weight is 322 g/mol. The van der Waals surface area contributed by atoms with Crippen LogP contribution in [0.2, 0.25) is 0 Å². The summed E-state index contributed by atoms with van der Waals surface area (Å²) in [7, 11) is 0. The maximum Gasteiger partial charge on any atom is 0.272 e. The van der Waals surface area contributed by atoms with E-state index in [1.54, 1.807) is 13.0 Å². The molecule has 2 aromatic rings. The molecule has 0 fully saturated rings. The fourth-order valence-corrected chi connectivity index (χ4v) is 2.10. The summed E-state index contributed by atoms with van der Waals surface area (Å²) in [5.41, 5.74) is 1.70. The van der Waals surface area contributed by atoms with E-state index in [4.69, 9.17) is 0 Å². The number of rotatable bonds is 4. The summed E-state index contributed by atoms with van der Waals surface area (Å²) in [5.74, 6) is 0.722. The van der Waals surface area contributed by atoms with Gasteiger partial charge in [0.15, 0.2) is 0 Å². The van der Waals surface area contributed by atoms with Gasteiger partial charge in [-0.3, -0.25) is 10.1 Å². The number of nitrogens with zero attached hydrogens (tertiary/aromatic N) is 2. The average Bonchev–Trinajstić information content (AvgIpc) is 2.37. The number of pyridine rings is 1. The normalized spacial score (nSPS) is 10.2. The Morgan fingerprint density at radius 1 is 1.32 bits per heavy atom. The van der Waals surface area contributed by atoms with Gasteiger partial charge in [0.2, 0.25) is 0 Å². The van der Waals surface area contributed by atoms with E-state index in [9.17, 15) is 10.1 Å². The summed E-state index contributed by atoms with van der Waals surface area (Å²) >= 11 is 3.29. The fraction of sp³-hybridized carbons (Fsp3) is 0.154. The highest BCUT2D eigenvalue weighted by atomic mass is 79.9. The second-order valence-corrected chi connectivity index (χ2v) is 4.83. The van der Waals surface area contributed by atoms with Crippen molar-refractivity contribution in [3.05, 3.63) is 62.2 Å². The number of halogens is 1. The molecule has 98 valence electrons. The first kappa shape index (κ1) is 13.5. The Morgan fingerprint density at radius 2 is 2.05 bits per heavy atom. The standard InChI is InChI=1S/C13H12BrN3O2/c1-9-10(4-2-5-11(9)17(18)19)8-15-13-7-3-6-12(14)16-13/h2-7H,8H2,1H3,(H,15,16). The van der Waals surface area contributed by atoms with Gasteiger partial charge in [0.1, 0.15) is 10.4 Å². The molecule has 0 atom stereocenters. The SMILES string of the molecule is Cc1c(CNc2cccc(Br)n2)cccc1[N+](=O)[O-]. The lowest BCUT2D eigenvalue weighted by atomic mass is 10.1. The Morgan fingerprint density at radius 3 is 2.74 bits per heavy atom. The molecule has 0 aliphatic heterocycles. The zero-order chi connectivity index (χ0) is 13.8. The Labute approximate surface area is 119 Å². The molecular formula is C13H12BrN3O2. The molecule has 6 heteroatoms. The third-order valence-electron chi connectivity index (χ3n) is 2.79. The molecule has 0 saturated carbocycles. The Balaban J connectivity index is 2.16. The van der Waals surface area contributed by atoms with Gasteiger partial charge in [-0.1, -0.05) is 18.2 Å². The lowest BCUT2D eigenvalue weighted by Crippen LogP contribution is -2.04. The molecule has 0 bridgehead atoms. The number of anilines is 1. The van der Waals surface area contributed by atoms with Gasteiger partial charge >= 0.3 is 0 Å². The predicted octanol–water partition coefficient (Wildman–Crippen LogP) is 3.67. The van der Waals surface area contributed by atoms with Gasteiger partial charge in [0, 0.05) is 18.2 Å². The second kappa shape index (κ2) is 5.79. The van der Waals surface area contributed by atoms with Crippen molar-refractivity contribution in [2.45, 2.75) is 13.5 Å². The second-order valence-electron chi connectivity index (χ2n) is 4.02. The predicted molar refractivity (Wildman–Crippen MR) is 77.1 cm³/mol. The molecule has 0 saturated heterocycles. The highest BCUT2D eigenvalue weighted by molar-refractivity contribution is 9.10. The van der Waals surface area contributed by atoms with Crippen LogP contribution in [0.25, 0.3) is 0 Å². The van der Waals surface area contributed by atoms with E-state index in [1.165, 1.54) is 6.07 Å². The van der Waals surface area contributed by atoms with Crippen LogP contribution in [-0.4, -0.2) is 9.91 Å². The number of nitrogens with one attached hydrogen (secondary N) is 1. The van der Waals surface area contributed by atoms with Crippen molar-refractivity contribution in [1.82, 2.24) is 4.98 Å². The molecule has 1 N–H and O–H groups in total. The summed E-state index contributed by atoms with van der Waals surface area (Å²) in [6.07, 6.45) is 0. The van der Waals surface area contributed by atoms with Crippen LogP contribution < -0.4 is 5.32 Å². The zero-order valence-corrected chi connectivity index (χ0v) is 11.8. The molecule has 0 amide bonds. The number of nitro benzene ring substituents is 1. The molecule has 0 spiro atoms. The van der Waals surface area contributed by atoms with E-state index in [2.05, 4.69) is 26.2 Å². The van der Waals surface area contributed by atoms with Crippen LogP contribution in [0.4, 0.5) is 11.5 Å². The van der Waals surface area contributed by atoms with Crippen LogP contribution in [0, 0.1) is 17.0 Å². The molecule has 0 aliphatic carbocycles. The summed E-state index contributed by atoms with van der Waals surface area (Å²) < 4.78 is 0.744. The van der Waals surface area contributed by atoms with Crippen molar-refractivity contribution in [3.63, 3.8) is 0 Å². The van der Waals surface area contributed by atoms with Crippen LogP contribution in [0.15, 0.2) is 41.0 Å². The molecule has 19 heavy (non-hydrogen) atoms.